The van der Waals surface area contributed by atoms with Crippen molar-refractivity contribution >= 4 is 47.2 Å². The van der Waals surface area contributed by atoms with Crippen LogP contribution in [0.25, 0.3) is 0 Å². The van der Waals surface area contributed by atoms with Crippen molar-refractivity contribution in [3.63, 3.8) is 0 Å². The summed E-state index contributed by atoms with van der Waals surface area (Å²) in [6.07, 6.45) is -1.02. The molecule has 0 heterocycles. The lowest BCUT2D eigenvalue weighted by Crippen LogP contribution is -2.49. The van der Waals surface area contributed by atoms with Crippen LogP contribution in [0.1, 0.15) is 109 Å². The van der Waals surface area contributed by atoms with Crippen molar-refractivity contribution < 1.29 is 52.9 Å². The highest BCUT2D eigenvalue weighted by Gasteiger charge is 2.35. The number of nitrogens with one attached hydrogen (secondary N) is 3. The van der Waals surface area contributed by atoms with Gasteiger partial charge in [-0.05, 0) is 102 Å². The van der Waals surface area contributed by atoms with Gasteiger partial charge in [-0.25, -0.2) is 4.79 Å². The average molecular weight is 1000 g/mol. The van der Waals surface area contributed by atoms with Gasteiger partial charge in [-0.2, -0.15) is 0 Å². The smallest absolute Gasteiger partial charge is 0.407 e. The third-order valence-electron chi connectivity index (χ3n) is 11.9. The van der Waals surface area contributed by atoms with E-state index in [2.05, 4.69) is 16.0 Å². The molecular weight excluding hydrogens is 929 g/mol. The molecule has 0 aromatic heterocycles. The van der Waals surface area contributed by atoms with Gasteiger partial charge in [0, 0.05) is 37.6 Å². The van der Waals surface area contributed by atoms with Gasteiger partial charge in [-0.1, -0.05) is 128 Å². The van der Waals surface area contributed by atoms with E-state index in [9.17, 15) is 43.5 Å². The molecule has 4 aromatic rings. The quantitative estimate of drug-likeness (QED) is 0.0263. The fourth-order valence-electron chi connectivity index (χ4n) is 8.26. The van der Waals surface area contributed by atoms with E-state index < -0.39 is 101 Å². The van der Waals surface area contributed by atoms with Gasteiger partial charge in [0.1, 0.15) is 11.2 Å². The largest absolute Gasteiger partial charge is 0.481 e. The SMILES string of the molecule is CC(C)(C)OC(=O)C[C@H](NC(=O)[C@H](CCCCNC(=O)OC(C)(C)C)CC(=O)[C@@H](N)Cc1ccccc1)C(=O)C[C@@H](Cc1ccccc1)C(=O)N[C@@H](Cc1ccccc1)C(=O)C[C@@H](Cc1ccccc1)C(=O)O. The molecular formula is C58H74N4O11. The standard InChI is InChI=1S/C58H74N4O11/c1-57(2,3)72-52(66)38-48(62-53(67)43(29-19-20-30-60-56(71)73-58(4,5)6)35-49(63)46(59)33-41-25-15-9-16-26-41)50(64)36-44(31-39-21-11-7-12-22-39)54(68)61-47(34-42-27-17-10-18-28-42)51(65)37-45(55(69)70)32-40-23-13-8-14-24-40/h7-18,21-28,43-48H,19-20,29-38,59H2,1-6H3,(H,60,71)(H,61,68)(H,62,67)(H,69,70)/t43-,44-,45-,46+,47+,48+/m1/s1. The lowest BCUT2D eigenvalue weighted by atomic mass is 9.88. The van der Waals surface area contributed by atoms with E-state index in [1.807, 2.05) is 36.4 Å². The lowest BCUT2D eigenvalue weighted by Gasteiger charge is -2.26. The first-order valence-electron chi connectivity index (χ1n) is 25.1. The maximum Gasteiger partial charge on any atom is 0.407 e. The van der Waals surface area contributed by atoms with Crippen molar-refractivity contribution in [2.24, 2.45) is 23.5 Å². The zero-order chi connectivity index (χ0) is 53.6. The minimum absolute atomic E-state index is 0.0251. The highest BCUT2D eigenvalue weighted by Crippen LogP contribution is 2.22. The number of esters is 1. The van der Waals surface area contributed by atoms with Crippen LogP contribution in [0.5, 0.6) is 0 Å². The molecule has 6 atom stereocenters. The van der Waals surface area contributed by atoms with Crippen LogP contribution in [0.15, 0.2) is 121 Å². The summed E-state index contributed by atoms with van der Waals surface area (Å²) in [5, 5.41) is 18.5. The summed E-state index contributed by atoms with van der Waals surface area (Å²) >= 11 is 0. The van der Waals surface area contributed by atoms with Gasteiger partial charge < -0.3 is 36.3 Å². The number of amides is 3. The molecule has 4 aromatic carbocycles. The summed E-state index contributed by atoms with van der Waals surface area (Å²) in [6, 6.07) is 32.4. The zero-order valence-electron chi connectivity index (χ0n) is 43.1. The predicted molar refractivity (Wildman–Crippen MR) is 278 cm³/mol. The Morgan fingerprint density at radius 1 is 0.493 bits per heavy atom. The van der Waals surface area contributed by atoms with Gasteiger partial charge in [0.2, 0.25) is 11.8 Å². The fourth-order valence-corrected chi connectivity index (χ4v) is 8.26. The minimum atomic E-state index is -1.51. The van der Waals surface area contributed by atoms with Gasteiger partial charge in [-0.3, -0.25) is 33.6 Å². The Hall–Kier alpha value is -7.00. The third kappa shape index (κ3) is 22.5. The van der Waals surface area contributed by atoms with Gasteiger partial charge in [-0.15, -0.1) is 0 Å². The average Bonchev–Trinajstić information content (AvgIpc) is 3.32. The number of hydrogen-bond acceptors (Lipinski definition) is 11. The number of carbonyl (C=O) groups is 8. The van der Waals surface area contributed by atoms with Crippen LogP contribution >= 0.6 is 0 Å². The van der Waals surface area contributed by atoms with Crippen molar-refractivity contribution in [3.8, 4) is 0 Å². The number of hydrogen-bond donors (Lipinski definition) is 5. The number of carboxylic acids is 1. The lowest BCUT2D eigenvalue weighted by molar-refractivity contribution is -0.156. The van der Waals surface area contributed by atoms with Crippen molar-refractivity contribution in [2.45, 2.75) is 141 Å². The number of ether oxygens (including phenoxy) is 2. The Balaban J connectivity index is 1.63. The molecule has 0 saturated carbocycles. The second kappa shape index (κ2) is 28.9. The number of ketones is 3. The number of benzene rings is 4. The Morgan fingerprint density at radius 3 is 1.40 bits per heavy atom. The van der Waals surface area contributed by atoms with E-state index in [0.717, 1.165) is 11.1 Å². The van der Waals surface area contributed by atoms with Crippen LogP contribution in [0.2, 0.25) is 0 Å². The van der Waals surface area contributed by atoms with E-state index >= 15 is 0 Å². The highest BCUT2D eigenvalue weighted by atomic mass is 16.6. The molecule has 0 aliphatic carbocycles. The first kappa shape index (κ1) is 58.6. The molecule has 392 valence electrons. The van der Waals surface area contributed by atoms with Crippen LogP contribution < -0.4 is 21.7 Å². The molecule has 6 N–H and O–H groups in total. The maximum absolute atomic E-state index is 14.7. The molecule has 0 spiro atoms. The minimum Gasteiger partial charge on any atom is -0.481 e. The summed E-state index contributed by atoms with van der Waals surface area (Å²) < 4.78 is 10.9. The molecule has 15 heteroatoms. The Morgan fingerprint density at radius 2 is 0.904 bits per heavy atom. The topological polar surface area (TPSA) is 237 Å². The number of nitrogens with two attached hydrogens (primary N) is 1. The number of Topliss-reactive ketones (excluding diaryl/α,β-unsaturated/α-hetero) is 3. The third-order valence-corrected chi connectivity index (χ3v) is 11.9. The van der Waals surface area contributed by atoms with Crippen molar-refractivity contribution in [2.75, 3.05) is 6.54 Å². The van der Waals surface area contributed by atoms with Crippen LogP contribution in [0.3, 0.4) is 0 Å². The first-order valence-corrected chi connectivity index (χ1v) is 25.1. The molecule has 3 amide bonds. The second-order valence-corrected chi connectivity index (χ2v) is 20.6. The summed E-state index contributed by atoms with van der Waals surface area (Å²) in [5.74, 6) is -8.12. The van der Waals surface area contributed by atoms with Crippen molar-refractivity contribution in [1.82, 2.24) is 16.0 Å². The van der Waals surface area contributed by atoms with Gasteiger partial charge in [0.05, 0.1) is 30.5 Å². The van der Waals surface area contributed by atoms with Crippen molar-refractivity contribution in [3.05, 3.63) is 144 Å². The van der Waals surface area contributed by atoms with E-state index in [0.29, 0.717) is 24.0 Å². The fraction of sp³-hybridized carbons (Fsp3) is 0.448. The molecule has 0 aliphatic rings. The Kier molecular flexibility index (Phi) is 23.2. The van der Waals surface area contributed by atoms with Crippen molar-refractivity contribution in [1.29, 1.82) is 0 Å². The number of aliphatic carboxylic acids is 1. The number of rotatable bonds is 29. The van der Waals surface area contributed by atoms with Gasteiger partial charge in [0.25, 0.3) is 0 Å². The summed E-state index contributed by atoms with van der Waals surface area (Å²) in [5.41, 5.74) is 7.70. The van der Waals surface area contributed by atoms with Crippen LogP contribution in [-0.2, 0) is 68.7 Å². The second-order valence-electron chi connectivity index (χ2n) is 20.6. The normalized spacial score (nSPS) is 14.0. The molecule has 0 fully saturated rings. The van der Waals surface area contributed by atoms with Gasteiger partial charge >= 0.3 is 18.0 Å². The summed E-state index contributed by atoms with van der Waals surface area (Å²) in [7, 11) is 0. The molecule has 0 unspecified atom stereocenters. The Labute approximate surface area is 429 Å². The molecule has 73 heavy (non-hydrogen) atoms. The highest BCUT2D eigenvalue weighted by molar-refractivity contribution is 5.97. The first-order chi connectivity index (χ1) is 34.5. The molecule has 4 rings (SSSR count). The van der Waals surface area contributed by atoms with E-state index in [-0.39, 0.29) is 57.3 Å². The molecule has 0 aliphatic heterocycles. The molecule has 0 saturated heterocycles. The number of carbonyl (C=O) groups excluding carboxylic acids is 7. The van der Waals surface area contributed by atoms with E-state index in [1.54, 1.807) is 126 Å². The number of unbranched alkanes of at least 4 members (excludes halogenated alkanes) is 1. The van der Waals surface area contributed by atoms with E-state index in [1.165, 1.54) is 0 Å². The Bertz CT molecular complexity index is 2420. The molecule has 0 radical (unpaired) electrons. The zero-order valence-corrected chi connectivity index (χ0v) is 43.1. The number of carboxylic acid groups (broad SMARTS) is 1. The number of alkyl carbamates (subject to hydrolysis) is 1. The predicted octanol–water partition coefficient (Wildman–Crippen LogP) is 7.49. The molecule has 15 nitrogen and oxygen atoms in total. The van der Waals surface area contributed by atoms with E-state index in [4.69, 9.17) is 15.2 Å². The van der Waals surface area contributed by atoms with Crippen LogP contribution in [0.4, 0.5) is 4.79 Å². The van der Waals surface area contributed by atoms with Gasteiger partial charge in [0.15, 0.2) is 17.3 Å². The summed E-state index contributed by atoms with van der Waals surface area (Å²) in [6.45, 7) is 10.4. The monoisotopic (exact) mass is 1000 g/mol. The maximum atomic E-state index is 14.7. The molecule has 0 bridgehead atoms. The van der Waals surface area contributed by atoms with Crippen LogP contribution in [-0.4, -0.2) is 88.2 Å². The summed E-state index contributed by atoms with van der Waals surface area (Å²) in [4.78, 5) is 110. The van der Waals surface area contributed by atoms with Crippen LogP contribution in [0, 0.1) is 17.8 Å².